The molecule has 0 aliphatic carbocycles. The van der Waals surface area contributed by atoms with Crippen molar-refractivity contribution in [3.63, 3.8) is 0 Å². The monoisotopic (exact) mass is 402 g/mol. The first-order valence-electron chi connectivity index (χ1n) is 8.33. The van der Waals surface area contributed by atoms with Gasteiger partial charge in [0.25, 0.3) is 0 Å². The van der Waals surface area contributed by atoms with Gasteiger partial charge in [-0.15, -0.1) is 0 Å². The van der Waals surface area contributed by atoms with E-state index < -0.39 is 32.1 Å². The molecule has 0 bridgehead atoms. The minimum absolute atomic E-state index is 0.252. The molecule has 0 amide bonds. The van der Waals surface area contributed by atoms with E-state index in [-0.39, 0.29) is 5.92 Å². The standard InChI is InChI=1S/C18H18F4N2O2S/c19-16-6-3-14(9-17(16)20)24-8-7-12(11-24)10-23-13-1-4-15(5-2-13)27(25,26)18(21)22/h1-6,9,12,18,23H,7-8,10-11H2/t12-/m0/s1. The molecule has 2 aromatic rings. The molecule has 1 saturated heterocycles. The van der Waals surface area contributed by atoms with Gasteiger partial charge < -0.3 is 10.2 Å². The van der Waals surface area contributed by atoms with Crippen molar-refractivity contribution in [2.24, 2.45) is 5.92 Å². The smallest absolute Gasteiger partial charge is 0.341 e. The van der Waals surface area contributed by atoms with Crippen LogP contribution in [0.1, 0.15) is 6.42 Å². The van der Waals surface area contributed by atoms with Crippen molar-refractivity contribution >= 4 is 21.2 Å². The SMILES string of the molecule is O=S(=O)(c1ccc(NC[C@@H]2CCN(c3ccc(F)c(F)c3)C2)cc1)C(F)F. The molecule has 1 aliphatic rings. The van der Waals surface area contributed by atoms with Gasteiger partial charge in [0, 0.05) is 37.1 Å². The Balaban J connectivity index is 1.56. The van der Waals surface area contributed by atoms with Gasteiger partial charge in [0.15, 0.2) is 11.6 Å². The first-order chi connectivity index (χ1) is 12.8. The largest absolute Gasteiger partial charge is 0.385 e. The molecule has 0 saturated carbocycles. The van der Waals surface area contributed by atoms with Crippen LogP contribution in [0.25, 0.3) is 0 Å². The molecule has 1 fully saturated rings. The minimum Gasteiger partial charge on any atom is -0.385 e. The normalized spacial score (nSPS) is 17.5. The number of benzene rings is 2. The Labute approximate surface area is 154 Å². The lowest BCUT2D eigenvalue weighted by atomic mass is 10.1. The number of hydrogen-bond donors (Lipinski definition) is 1. The second-order valence-corrected chi connectivity index (χ2v) is 8.33. The molecule has 9 heteroatoms. The molecule has 0 unspecified atom stereocenters. The van der Waals surface area contributed by atoms with Crippen molar-refractivity contribution in [2.45, 2.75) is 17.1 Å². The molecule has 2 aromatic carbocycles. The minimum atomic E-state index is -4.59. The number of nitrogens with one attached hydrogen (secondary N) is 1. The maximum atomic E-state index is 13.4. The summed E-state index contributed by atoms with van der Waals surface area (Å²) < 4.78 is 74.2. The highest BCUT2D eigenvalue weighted by atomic mass is 32.2. The first kappa shape index (κ1) is 19.5. The lowest BCUT2D eigenvalue weighted by Crippen LogP contribution is -2.22. The van der Waals surface area contributed by atoms with Gasteiger partial charge in [-0.25, -0.2) is 17.2 Å². The van der Waals surface area contributed by atoms with Crippen LogP contribution in [-0.2, 0) is 9.84 Å². The van der Waals surface area contributed by atoms with Crippen molar-refractivity contribution in [3.8, 4) is 0 Å². The second-order valence-electron chi connectivity index (χ2n) is 6.41. The Bertz CT molecular complexity index is 904. The topological polar surface area (TPSA) is 49.4 Å². The Kier molecular flexibility index (Phi) is 5.59. The van der Waals surface area contributed by atoms with E-state index in [2.05, 4.69) is 5.32 Å². The van der Waals surface area contributed by atoms with Crippen LogP contribution in [0.15, 0.2) is 47.4 Å². The first-order valence-corrected chi connectivity index (χ1v) is 9.88. The summed E-state index contributed by atoms with van der Waals surface area (Å²) in [5.41, 5.74) is 1.24. The molecule has 3 rings (SSSR count). The average molecular weight is 402 g/mol. The second kappa shape index (κ2) is 7.75. The maximum absolute atomic E-state index is 13.4. The van der Waals surface area contributed by atoms with Crippen LogP contribution in [0.4, 0.5) is 28.9 Å². The van der Waals surface area contributed by atoms with Crippen LogP contribution in [0.2, 0.25) is 0 Å². The molecule has 0 radical (unpaired) electrons. The third-order valence-electron chi connectivity index (χ3n) is 4.57. The fourth-order valence-corrected chi connectivity index (χ4v) is 3.76. The lowest BCUT2D eigenvalue weighted by molar-refractivity contribution is 0.234. The van der Waals surface area contributed by atoms with Crippen LogP contribution >= 0.6 is 0 Å². The number of halogens is 4. The Morgan fingerprint density at radius 2 is 1.78 bits per heavy atom. The number of sulfone groups is 1. The molecule has 27 heavy (non-hydrogen) atoms. The van der Waals surface area contributed by atoms with Crippen LogP contribution < -0.4 is 10.2 Å². The van der Waals surface area contributed by atoms with Crippen molar-refractivity contribution in [1.82, 2.24) is 0 Å². The molecule has 0 spiro atoms. The van der Waals surface area contributed by atoms with Crippen molar-refractivity contribution in [2.75, 3.05) is 29.9 Å². The van der Waals surface area contributed by atoms with E-state index in [1.165, 1.54) is 24.3 Å². The van der Waals surface area contributed by atoms with E-state index in [9.17, 15) is 26.0 Å². The van der Waals surface area contributed by atoms with E-state index in [4.69, 9.17) is 0 Å². The van der Waals surface area contributed by atoms with E-state index in [1.807, 2.05) is 4.90 Å². The van der Waals surface area contributed by atoms with Crippen molar-refractivity contribution < 1.29 is 26.0 Å². The number of alkyl halides is 2. The summed E-state index contributed by atoms with van der Waals surface area (Å²) in [6.07, 6.45) is 0.851. The van der Waals surface area contributed by atoms with E-state index in [1.54, 1.807) is 0 Å². The van der Waals surface area contributed by atoms with Gasteiger partial charge in [0.05, 0.1) is 4.90 Å². The fourth-order valence-electron chi connectivity index (χ4n) is 3.04. The average Bonchev–Trinajstić information content (AvgIpc) is 3.11. The third kappa shape index (κ3) is 4.35. The van der Waals surface area contributed by atoms with E-state index in [0.717, 1.165) is 24.6 Å². The molecular weight excluding hydrogens is 384 g/mol. The number of anilines is 2. The van der Waals surface area contributed by atoms with Crippen molar-refractivity contribution in [1.29, 1.82) is 0 Å². The zero-order chi connectivity index (χ0) is 19.6. The predicted molar refractivity (Wildman–Crippen MR) is 94.8 cm³/mol. The summed E-state index contributed by atoms with van der Waals surface area (Å²) >= 11 is 0. The molecule has 1 atom stereocenters. The molecule has 146 valence electrons. The van der Waals surface area contributed by atoms with Gasteiger partial charge in [-0.05, 0) is 48.7 Å². The van der Waals surface area contributed by atoms with Crippen molar-refractivity contribution in [3.05, 3.63) is 54.1 Å². The van der Waals surface area contributed by atoms with Gasteiger partial charge in [0.2, 0.25) is 9.84 Å². The Morgan fingerprint density at radius 1 is 1.07 bits per heavy atom. The third-order valence-corrected chi connectivity index (χ3v) is 5.96. The van der Waals surface area contributed by atoms with E-state index in [0.29, 0.717) is 31.0 Å². The predicted octanol–water partition coefficient (Wildman–Crippen LogP) is 3.90. The van der Waals surface area contributed by atoms with Gasteiger partial charge in [0.1, 0.15) is 0 Å². The number of nitrogens with zero attached hydrogens (tertiary/aromatic N) is 1. The van der Waals surface area contributed by atoms with Crippen LogP contribution in [0.3, 0.4) is 0 Å². The zero-order valence-electron chi connectivity index (χ0n) is 14.2. The lowest BCUT2D eigenvalue weighted by Gasteiger charge is -2.19. The molecule has 1 N–H and O–H groups in total. The van der Waals surface area contributed by atoms with Gasteiger partial charge >= 0.3 is 5.76 Å². The highest BCUT2D eigenvalue weighted by molar-refractivity contribution is 7.91. The molecular formula is C18H18F4N2O2S. The summed E-state index contributed by atoms with van der Waals surface area (Å²) in [5, 5.41) is 3.14. The summed E-state index contributed by atoms with van der Waals surface area (Å²) in [7, 11) is -4.59. The van der Waals surface area contributed by atoms with Crippen LogP contribution in [-0.4, -0.2) is 33.8 Å². The highest BCUT2D eigenvalue weighted by Gasteiger charge is 2.26. The molecule has 0 aromatic heterocycles. The van der Waals surface area contributed by atoms with E-state index >= 15 is 0 Å². The summed E-state index contributed by atoms with van der Waals surface area (Å²) in [6.45, 7) is 1.96. The van der Waals surface area contributed by atoms with Gasteiger partial charge in [-0.2, -0.15) is 8.78 Å². The molecule has 4 nitrogen and oxygen atoms in total. The van der Waals surface area contributed by atoms with Gasteiger partial charge in [-0.1, -0.05) is 0 Å². The highest BCUT2D eigenvalue weighted by Crippen LogP contribution is 2.26. The number of hydrogen-bond acceptors (Lipinski definition) is 4. The fraction of sp³-hybridized carbons (Fsp3) is 0.333. The van der Waals surface area contributed by atoms with Gasteiger partial charge in [-0.3, -0.25) is 0 Å². The Hall–Kier alpha value is -2.29. The van der Waals surface area contributed by atoms with Crippen LogP contribution in [0, 0.1) is 17.6 Å². The molecule has 1 aliphatic heterocycles. The molecule has 1 heterocycles. The summed E-state index contributed by atoms with van der Waals surface area (Å²) in [4.78, 5) is 1.54. The Morgan fingerprint density at radius 3 is 2.41 bits per heavy atom. The zero-order valence-corrected chi connectivity index (χ0v) is 15.0. The summed E-state index contributed by atoms with van der Waals surface area (Å²) in [5.74, 6) is -4.96. The maximum Gasteiger partial charge on any atom is 0.341 e. The van der Waals surface area contributed by atoms with Crippen LogP contribution in [0.5, 0.6) is 0 Å². The summed E-state index contributed by atoms with van der Waals surface area (Å²) in [6, 6.07) is 8.99. The quantitative estimate of drug-likeness (QED) is 0.745. The number of rotatable bonds is 6.